The van der Waals surface area contributed by atoms with Gasteiger partial charge in [-0.05, 0) is 160 Å². The highest BCUT2D eigenvalue weighted by atomic mass is 14.8. The van der Waals surface area contributed by atoms with Crippen molar-refractivity contribution in [1.29, 1.82) is 0 Å². The number of H-pyrrole nitrogens is 2. The van der Waals surface area contributed by atoms with Crippen molar-refractivity contribution in [2.45, 2.75) is 0 Å². The highest BCUT2D eigenvalue weighted by Crippen LogP contribution is 2.40. The molecule has 8 bridgehead atoms. The monoisotopic (exact) mass is 1330 g/mol. The van der Waals surface area contributed by atoms with Gasteiger partial charge >= 0.3 is 0 Å². The fraction of sp³-hybridized carbons (Fsp3) is 0. The van der Waals surface area contributed by atoms with Gasteiger partial charge in [0.05, 0.1) is 22.8 Å². The maximum absolute atomic E-state index is 5.70. The average Bonchev–Trinajstić information content (AvgIpc) is 1.61. The first-order chi connectivity index (χ1) is 51.5. The molecule has 0 atom stereocenters. The van der Waals surface area contributed by atoms with Crippen molar-refractivity contribution in [2.24, 2.45) is 0 Å². The van der Waals surface area contributed by atoms with Crippen LogP contribution in [0.15, 0.2) is 340 Å². The molecule has 0 saturated heterocycles. The molecule has 3 aromatic heterocycles. The van der Waals surface area contributed by atoms with Crippen LogP contribution in [0.3, 0.4) is 0 Å². The van der Waals surface area contributed by atoms with Crippen molar-refractivity contribution >= 4 is 95.0 Å². The lowest BCUT2D eigenvalue weighted by Crippen LogP contribution is -1.90. The molecule has 0 unspecified atom stereocenters. The van der Waals surface area contributed by atoms with Crippen LogP contribution in [0, 0.1) is 0 Å². The normalized spacial score (nSPS) is 12.0. The standard InChI is InChI=1S/C100H70N4/c1-5-13-77(14-6-1)81-45-29-69(30-46-81)21-25-73-37-53-85(54-38-73)97-89-61-63-91(101-89)98(86-55-39-74(40-56-86)26-22-70-31-47-82(48-32-70)78-15-7-2-8-16-78)93-65-67-95(103-93)100(88-59-43-76(44-60-88)28-24-72-35-51-84(52-36-72)80-19-11-4-12-20-80)96-68-66-94(104-96)99(92-64-62-90(97)102-92)87-57-41-75(42-58-87)27-23-71-33-49-83(50-34-71)79-17-9-3-10-18-79/h1-68,101,104H/b25-21+,26-22+,27-23+,28-24+,97-89?,97-90?,98-91?,98-93?,99-92?,99-94?,100-95?,100-96?. The molecule has 0 radical (unpaired) electrons. The molecule has 104 heavy (non-hydrogen) atoms. The van der Waals surface area contributed by atoms with E-state index in [0.717, 1.165) is 134 Å². The molecule has 0 aliphatic carbocycles. The molecule has 2 N–H and O–H groups in total. The maximum atomic E-state index is 5.70. The molecule has 0 spiro atoms. The van der Waals surface area contributed by atoms with Crippen LogP contribution in [0.25, 0.3) is 184 Å². The minimum atomic E-state index is 0.844. The average molecular weight is 1330 g/mol. The number of aromatic amines is 2. The molecule has 12 aromatic carbocycles. The van der Waals surface area contributed by atoms with Gasteiger partial charge in [0.25, 0.3) is 0 Å². The Kier molecular flexibility index (Phi) is 17.9. The summed E-state index contributed by atoms with van der Waals surface area (Å²) in [5.74, 6) is 0. The van der Waals surface area contributed by atoms with Gasteiger partial charge in [0.15, 0.2) is 0 Å². The fourth-order valence-electron chi connectivity index (χ4n) is 13.9. The summed E-state index contributed by atoms with van der Waals surface area (Å²) in [6, 6.07) is 121. The quantitative estimate of drug-likeness (QED) is 0.0947. The summed E-state index contributed by atoms with van der Waals surface area (Å²) in [4.78, 5) is 19.4. The van der Waals surface area contributed by atoms with Crippen LogP contribution < -0.4 is 0 Å². The van der Waals surface area contributed by atoms with E-state index in [2.05, 4.69) is 423 Å². The Morgan fingerprint density at radius 3 is 0.481 bits per heavy atom. The maximum Gasteiger partial charge on any atom is 0.0737 e. The Balaban J connectivity index is 0.794. The number of hydrogen-bond donors (Lipinski definition) is 2. The van der Waals surface area contributed by atoms with Crippen LogP contribution in [0.1, 0.15) is 67.3 Å². The highest BCUT2D eigenvalue weighted by Gasteiger charge is 2.20. The molecule has 0 saturated carbocycles. The number of hydrogen-bond acceptors (Lipinski definition) is 2. The summed E-state index contributed by atoms with van der Waals surface area (Å²) in [6.07, 6.45) is 26.1. The topological polar surface area (TPSA) is 57.4 Å². The largest absolute Gasteiger partial charge is 0.354 e. The lowest BCUT2D eigenvalue weighted by molar-refractivity contribution is 1.31. The van der Waals surface area contributed by atoms with Crippen molar-refractivity contribution in [3.8, 4) is 89.0 Å². The Morgan fingerprint density at radius 2 is 0.308 bits per heavy atom. The first kappa shape index (κ1) is 63.6. The molecule has 490 valence electrons. The van der Waals surface area contributed by atoms with Gasteiger partial charge in [-0.1, -0.05) is 364 Å². The predicted octanol–water partition coefficient (Wildman–Crippen LogP) is 26.7. The molecule has 15 aromatic rings. The number of benzene rings is 12. The van der Waals surface area contributed by atoms with Gasteiger partial charge in [-0.15, -0.1) is 0 Å². The van der Waals surface area contributed by atoms with Gasteiger partial charge in [-0.3, -0.25) is 0 Å². The van der Waals surface area contributed by atoms with Gasteiger partial charge in [-0.2, -0.15) is 0 Å². The van der Waals surface area contributed by atoms with Gasteiger partial charge < -0.3 is 9.97 Å². The molecule has 5 heterocycles. The van der Waals surface area contributed by atoms with Gasteiger partial charge in [-0.25, -0.2) is 9.97 Å². The molecule has 17 rings (SSSR count). The summed E-state index contributed by atoms with van der Waals surface area (Å²) in [5, 5.41) is 0. The third-order valence-corrected chi connectivity index (χ3v) is 19.5. The number of fused-ring (bicyclic) bond motifs is 8. The van der Waals surface area contributed by atoms with E-state index >= 15 is 0 Å². The third-order valence-electron chi connectivity index (χ3n) is 19.5. The zero-order chi connectivity index (χ0) is 69.4. The Morgan fingerprint density at radius 1 is 0.154 bits per heavy atom. The van der Waals surface area contributed by atoms with Crippen LogP contribution in [-0.4, -0.2) is 19.9 Å². The lowest BCUT2D eigenvalue weighted by Gasteiger charge is -2.08. The zero-order valence-electron chi connectivity index (χ0n) is 57.2. The van der Waals surface area contributed by atoms with Crippen LogP contribution in [-0.2, 0) is 0 Å². The van der Waals surface area contributed by atoms with Crippen LogP contribution in [0.4, 0.5) is 0 Å². The van der Waals surface area contributed by atoms with E-state index in [9.17, 15) is 0 Å². The second-order valence-corrected chi connectivity index (χ2v) is 26.3. The molecule has 2 aliphatic heterocycles. The first-order valence-corrected chi connectivity index (χ1v) is 35.4. The molecule has 4 heteroatoms. The summed E-state index contributed by atoms with van der Waals surface area (Å²) in [6.45, 7) is 0. The minimum absolute atomic E-state index is 0.844. The first-order valence-electron chi connectivity index (χ1n) is 35.4. The van der Waals surface area contributed by atoms with Crippen molar-refractivity contribution in [3.05, 3.63) is 407 Å². The van der Waals surface area contributed by atoms with Crippen LogP contribution in [0.5, 0.6) is 0 Å². The van der Waals surface area contributed by atoms with E-state index in [1.54, 1.807) is 0 Å². The summed E-state index contributed by atoms with van der Waals surface area (Å²) >= 11 is 0. The minimum Gasteiger partial charge on any atom is -0.354 e. The van der Waals surface area contributed by atoms with E-state index in [1.165, 1.54) is 44.5 Å². The second kappa shape index (κ2) is 29.2. The number of rotatable bonds is 16. The third kappa shape index (κ3) is 14.1. The highest BCUT2D eigenvalue weighted by molar-refractivity contribution is 6.00. The van der Waals surface area contributed by atoms with E-state index in [1.807, 2.05) is 0 Å². The van der Waals surface area contributed by atoms with E-state index in [-0.39, 0.29) is 0 Å². The molecule has 4 nitrogen and oxygen atoms in total. The molecule has 0 amide bonds. The summed E-state index contributed by atoms with van der Waals surface area (Å²) in [5.41, 5.74) is 33.6. The van der Waals surface area contributed by atoms with E-state index < -0.39 is 0 Å². The Hall–Kier alpha value is -13.8. The Bertz CT molecular complexity index is 5200. The molecule has 2 aliphatic rings. The van der Waals surface area contributed by atoms with E-state index in [0.29, 0.717) is 0 Å². The molecular formula is C100H70N4. The predicted molar refractivity (Wildman–Crippen MR) is 444 cm³/mol. The van der Waals surface area contributed by atoms with Gasteiger partial charge in [0.1, 0.15) is 0 Å². The van der Waals surface area contributed by atoms with Crippen molar-refractivity contribution < 1.29 is 0 Å². The summed E-state index contributed by atoms with van der Waals surface area (Å²) in [7, 11) is 0. The smallest absolute Gasteiger partial charge is 0.0737 e. The Labute approximate surface area is 607 Å². The van der Waals surface area contributed by atoms with Crippen molar-refractivity contribution in [1.82, 2.24) is 19.9 Å². The number of nitrogens with zero attached hydrogens (tertiary/aromatic N) is 2. The van der Waals surface area contributed by atoms with Crippen molar-refractivity contribution in [2.75, 3.05) is 0 Å². The van der Waals surface area contributed by atoms with Gasteiger partial charge in [0.2, 0.25) is 0 Å². The van der Waals surface area contributed by atoms with Crippen LogP contribution in [0.2, 0.25) is 0 Å². The van der Waals surface area contributed by atoms with E-state index in [4.69, 9.17) is 9.97 Å². The molecule has 0 fully saturated rings. The van der Waals surface area contributed by atoms with Gasteiger partial charge in [0, 0.05) is 44.3 Å². The van der Waals surface area contributed by atoms with Crippen LogP contribution >= 0.6 is 0 Å². The van der Waals surface area contributed by atoms with Crippen molar-refractivity contribution in [3.63, 3.8) is 0 Å². The number of nitrogens with one attached hydrogen (secondary N) is 2. The number of aromatic nitrogens is 4. The SMILES string of the molecule is C1=Cc2nc1c(-c1ccc(/C=C/c3ccc(-c4ccccc4)cc3)cc1)c1ccc([nH]1)c(-c1ccc(/C=C/c3ccc(-c4ccccc4)cc3)cc1)c1nc(c(-c3ccc(/C=C/c4ccc(-c5ccccc5)cc4)cc3)c3ccc([nH]3)c2-c2ccc(/C=C/c3ccc(-c4ccccc4)cc3)cc2)C=C1. The summed E-state index contributed by atoms with van der Waals surface area (Å²) < 4.78 is 0. The fourth-order valence-corrected chi connectivity index (χ4v) is 13.9. The molecular weight excluding hydrogens is 1260 g/mol. The lowest BCUT2D eigenvalue weighted by atomic mass is 10.0. The zero-order valence-corrected chi connectivity index (χ0v) is 57.2. The second-order valence-electron chi connectivity index (χ2n) is 26.3.